The van der Waals surface area contributed by atoms with Gasteiger partial charge in [0.25, 0.3) is 5.91 Å². The van der Waals surface area contributed by atoms with Crippen molar-refractivity contribution in [3.63, 3.8) is 0 Å². The molecule has 2 amide bonds. The van der Waals surface area contributed by atoms with Crippen LogP contribution in [-0.4, -0.2) is 45.2 Å². The third-order valence-corrected chi connectivity index (χ3v) is 4.18. The lowest BCUT2D eigenvalue weighted by molar-refractivity contribution is -0.123. The molecule has 1 heterocycles. The molecule has 6 nitrogen and oxygen atoms in total. The molecule has 0 aliphatic carbocycles. The number of ether oxygens (including phenoxy) is 2. The molecule has 0 bridgehead atoms. The van der Waals surface area contributed by atoms with Crippen molar-refractivity contribution in [3.8, 4) is 5.75 Å². The van der Waals surface area contributed by atoms with Crippen LogP contribution in [0.15, 0.2) is 18.2 Å². The van der Waals surface area contributed by atoms with E-state index < -0.39 is 0 Å². The average Bonchev–Trinajstić information content (AvgIpc) is 2.56. The Morgan fingerprint density at radius 2 is 2.12 bits per heavy atom. The van der Waals surface area contributed by atoms with E-state index in [0.717, 1.165) is 17.0 Å². The lowest BCUT2D eigenvalue weighted by Crippen LogP contribution is -2.40. The number of fused-ring (bicyclic) bond motifs is 1. The van der Waals surface area contributed by atoms with Gasteiger partial charge in [0.2, 0.25) is 5.91 Å². The highest BCUT2D eigenvalue weighted by Gasteiger charge is 2.27. The molecule has 0 saturated heterocycles. The van der Waals surface area contributed by atoms with Gasteiger partial charge in [0.05, 0.1) is 12.3 Å². The Bertz CT molecular complexity index is 622. The summed E-state index contributed by atoms with van der Waals surface area (Å²) in [6.07, 6.45) is 0.979. The van der Waals surface area contributed by atoms with Crippen LogP contribution in [0.5, 0.6) is 5.75 Å². The third-order valence-electron chi connectivity index (χ3n) is 4.18. The van der Waals surface area contributed by atoms with E-state index in [4.69, 9.17) is 9.47 Å². The van der Waals surface area contributed by atoms with Gasteiger partial charge in [-0.1, -0.05) is 26.8 Å². The number of nitrogens with one attached hydrogen (secondary N) is 1. The minimum Gasteiger partial charge on any atom is -0.482 e. The van der Waals surface area contributed by atoms with Gasteiger partial charge >= 0.3 is 0 Å². The highest BCUT2D eigenvalue weighted by atomic mass is 16.5. The fourth-order valence-electron chi connectivity index (χ4n) is 2.69. The van der Waals surface area contributed by atoms with Crippen LogP contribution in [0, 0.1) is 0 Å². The molecule has 0 fully saturated rings. The minimum absolute atomic E-state index is 0.0115. The van der Waals surface area contributed by atoms with E-state index in [9.17, 15) is 9.59 Å². The van der Waals surface area contributed by atoms with Gasteiger partial charge in [0, 0.05) is 26.6 Å². The molecule has 0 spiro atoms. The number of hydrogen-bond acceptors (Lipinski definition) is 4. The fraction of sp³-hybridized carbons (Fsp3) is 0.579. The molecule has 0 aromatic heterocycles. The molecule has 25 heavy (non-hydrogen) atoms. The maximum absolute atomic E-state index is 12.3. The Labute approximate surface area is 149 Å². The molecule has 0 saturated carbocycles. The Hall–Kier alpha value is -2.08. The maximum Gasteiger partial charge on any atom is 0.265 e. The molecule has 1 aromatic carbocycles. The number of carbonyl (C=O) groups is 2. The van der Waals surface area contributed by atoms with Gasteiger partial charge in [-0.3, -0.25) is 9.59 Å². The SMILES string of the molecule is COCCNC(=O)CCCN1C(=O)COc2ccc(C(C)(C)C)cc21. The van der Waals surface area contributed by atoms with Gasteiger partial charge in [0.1, 0.15) is 5.75 Å². The number of nitrogens with zero attached hydrogens (tertiary/aromatic N) is 1. The minimum atomic E-state index is -0.0710. The van der Waals surface area contributed by atoms with E-state index in [1.54, 1.807) is 12.0 Å². The first kappa shape index (κ1) is 19.2. The number of benzene rings is 1. The van der Waals surface area contributed by atoms with Crippen molar-refractivity contribution in [1.29, 1.82) is 0 Å². The monoisotopic (exact) mass is 348 g/mol. The molecule has 1 aromatic rings. The van der Waals surface area contributed by atoms with Crippen LogP contribution in [0.1, 0.15) is 39.2 Å². The van der Waals surface area contributed by atoms with Crippen molar-refractivity contribution < 1.29 is 19.1 Å². The summed E-state index contributed by atoms with van der Waals surface area (Å²) < 4.78 is 10.4. The number of rotatable bonds is 7. The van der Waals surface area contributed by atoms with E-state index in [2.05, 4.69) is 26.1 Å². The third kappa shape index (κ3) is 5.19. The summed E-state index contributed by atoms with van der Waals surface area (Å²) >= 11 is 0. The van der Waals surface area contributed by atoms with Gasteiger partial charge in [-0.15, -0.1) is 0 Å². The summed E-state index contributed by atoms with van der Waals surface area (Å²) in [4.78, 5) is 25.8. The number of anilines is 1. The molecular weight excluding hydrogens is 320 g/mol. The zero-order valence-corrected chi connectivity index (χ0v) is 15.6. The van der Waals surface area contributed by atoms with Crippen LogP contribution in [0.4, 0.5) is 5.69 Å². The number of hydrogen-bond donors (Lipinski definition) is 1. The van der Waals surface area contributed by atoms with Crippen LogP contribution < -0.4 is 15.0 Å². The topological polar surface area (TPSA) is 67.9 Å². The zero-order chi connectivity index (χ0) is 18.4. The average molecular weight is 348 g/mol. The lowest BCUT2D eigenvalue weighted by Gasteiger charge is -2.31. The van der Waals surface area contributed by atoms with E-state index in [-0.39, 0.29) is 23.8 Å². The van der Waals surface area contributed by atoms with Gasteiger partial charge < -0.3 is 19.7 Å². The van der Waals surface area contributed by atoms with Gasteiger partial charge in [-0.05, 0) is 29.5 Å². The molecule has 0 unspecified atom stereocenters. The summed E-state index contributed by atoms with van der Waals surface area (Å²) in [6, 6.07) is 5.98. The second kappa shape index (κ2) is 8.34. The van der Waals surface area contributed by atoms with Crippen LogP contribution in [0.25, 0.3) is 0 Å². The van der Waals surface area contributed by atoms with E-state index >= 15 is 0 Å². The lowest BCUT2D eigenvalue weighted by atomic mass is 9.86. The fourth-order valence-corrected chi connectivity index (χ4v) is 2.69. The molecule has 0 radical (unpaired) electrons. The second-order valence-corrected chi connectivity index (χ2v) is 7.21. The van der Waals surface area contributed by atoms with Gasteiger partial charge in [0.15, 0.2) is 6.61 Å². The molecule has 1 aliphatic heterocycles. The second-order valence-electron chi connectivity index (χ2n) is 7.21. The number of carbonyl (C=O) groups excluding carboxylic acids is 2. The summed E-state index contributed by atoms with van der Waals surface area (Å²) in [6.45, 7) is 7.95. The first-order chi connectivity index (χ1) is 11.8. The van der Waals surface area contributed by atoms with E-state index in [1.807, 2.05) is 18.2 Å². The molecule has 1 N–H and O–H groups in total. The van der Waals surface area contributed by atoms with Crippen LogP contribution >= 0.6 is 0 Å². The van der Waals surface area contributed by atoms with Gasteiger partial charge in [-0.2, -0.15) is 0 Å². The van der Waals surface area contributed by atoms with Crippen molar-refractivity contribution in [2.45, 2.75) is 39.0 Å². The van der Waals surface area contributed by atoms with Crippen molar-refractivity contribution in [1.82, 2.24) is 5.32 Å². The number of amides is 2. The van der Waals surface area contributed by atoms with Crippen LogP contribution in [0.3, 0.4) is 0 Å². The Morgan fingerprint density at radius 1 is 1.36 bits per heavy atom. The largest absolute Gasteiger partial charge is 0.482 e. The normalized spacial score (nSPS) is 14.1. The molecule has 1 aliphatic rings. The highest BCUT2D eigenvalue weighted by molar-refractivity contribution is 5.98. The summed E-state index contributed by atoms with van der Waals surface area (Å²) in [7, 11) is 1.60. The highest BCUT2D eigenvalue weighted by Crippen LogP contribution is 2.36. The zero-order valence-electron chi connectivity index (χ0n) is 15.6. The molecule has 2 rings (SSSR count). The first-order valence-corrected chi connectivity index (χ1v) is 8.66. The smallest absolute Gasteiger partial charge is 0.265 e. The standard InChI is InChI=1S/C19H28N2O4/c1-19(2,3)14-7-8-16-15(12-14)21(18(23)13-25-16)10-5-6-17(22)20-9-11-24-4/h7-8,12H,5-6,9-11,13H2,1-4H3,(H,20,22). The molecule has 0 atom stereocenters. The molecule has 138 valence electrons. The van der Waals surface area contributed by atoms with Crippen LogP contribution in [0.2, 0.25) is 0 Å². The first-order valence-electron chi connectivity index (χ1n) is 8.66. The van der Waals surface area contributed by atoms with E-state index in [0.29, 0.717) is 32.5 Å². The predicted molar refractivity (Wildman–Crippen MR) is 97.1 cm³/mol. The van der Waals surface area contributed by atoms with Crippen molar-refractivity contribution >= 4 is 17.5 Å². The molecular formula is C19H28N2O4. The molecule has 6 heteroatoms. The summed E-state index contributed by atoms with van der Waals surface area (Å²) in [5, 5.41) is 2.79. The maximum atomic E-state index is 12.3. The van der Waals surface area contributed by atoms with Crippen molar-refractivity contribution in [2.75, 3.05) is 38.3 Å². The van der Waals surface area contributed by atoms with Crippen molar-refractivity contribution in [3.05, 3.63) is 23.8 Å². The van der Waals surface area contributed by atoms with Gasteiger partial charge in [-0.25, -0.2) is 0 Å². The number of methoxy groups -OCH3 is 1. The Balaban J connectivity index is 2.01. The van der Waals surface area contributed by atoms with Crippen LogP contribution in [-0.2, 0) is 19.7 Å². The summed E-state index contributed by atoms with van der Waals surface area (Å²) in [5.41, 5.74) is 1.93. The Morgan fingerprint density at radius 3 is 2.80 bits per heavy atom. The Kier molecular flexibility index (Phi) is 6.42. The van der Waals surface area contributed by atoms with E-state index in [1.165, 1.54) is 0 Å². The summed E-state index contributed by atoms with van der Waals surface area (Å²) in [5.74, 6) is 0.622. The quantitative estimate of drug-likeness (QED) is 0.768. The predicted octanol–water partition coefficient (Wildman–Crippen LogP) is 2.25. The van der Waals surface area contributed by atoms with Crippen molar-refractivity contribution in [2.24, 2.45) is 0 Å².